The Hall–Kier alpha value is -1.45. The predicted octanol–water partition coefficient (Wildman–Crippen LogP) is 7.64. The Morgan fingerprint density at radius 1 is 0.574 bits per heavy atom. The number of allylic oxidation sites excluding steroid dienone is 4. The summed E-state index contributed by atoms with van der Waals surface area (Å²) in [5, 5.41) is 0. The number of hydrogen-bond donors (Lipinski definition) is 0. The van der Waals surface area contributed by atoms with Gasteiger partial charge in [0.2, 0.25) is 0 Å². The molecule has 47 heavy (non-hydrogen) atoms. The van der Waals surface area contributed by atoms with Gasteiger partial charge in [-0.25, -0.2) is 18.0 Å². The molecule has 0 saturated heterocycles. The van der Waals surface area contributed by atoms with Crippen LogP contribution in [0.3, 0.4) is 0 Å². The molecular formula is C38H61NaO7S. The molecule has 0 saturated carbocycles. The van der Waals surface area contributed by atoms with Gasteiger partial charge in [-0.2, -0.15) is 0 Å². The Bertz CT molecular complexity index is 1120. The number of carbonyl (C=O) groups is 2. The number of hydrogen-bond acceptors (Lipinski definition) is 7. The van der Waals surface area contributed by atoms with Crippen LogP contribution in [0.1, 0.15) is 176 Å². The second-order valence-electron chi connectivity index (χ2n) is 12.1. The van der Waals surface area contributed by atoms with Gasteiger partial charge in [-0.3, -0.25) is 0 Å². The van der Waals surface area contributed by atoms with Crippen molar-refractivity contribution in [2.24, 2.45) is 0 Å². The van der Waals surface area contributed by atoms with E-state index in [4.69, 9.17) is 9.47 Å². The first kappa shape index (κ1) is 45.6. The zero-order valence-electron chi connectivity index (χ0n) is 29.8. The molecule has 1 aromatic rings. The van der Waals surface area contributed by atoms with Crippen molar-refractivity contribution in [1.82, 2.24) is 0 Å². The van der Waals surface area contributed by atoms with Crippen LogP contribution in [0.4, 0.5) is 0 Å². The van der Waals surface area contributed by atoms with Gasteiger partial charge in [0.05, 0.1) is 29.2 Å². The van der Waals surface area contributed by atoms with Crippen molar-refractivity contribution in [3.05, 3.63) is 53.6 Å². The number of esters is 2. The smallest absolute Gasteiger partial charge is 0.744 e. The Morgan fingerprint density at radius 3 is 1.32 bits per heavy atom. The van der Waals surface area contributed by atoms with Gasteiger partial charge < -0.3 is 14.0 Å². The Labute approximate surface area is 308 Å². The van der Waals surface area contributed by atoms with E-state index in [1.807, 2.05) is 0 Å². The van der Waals surface area contributed by atoms with E-state index in [9.17, 15) is 22.6 Å². The summed E-state index contributed by atoms with van der Waals surface area (Å²) in [4.78, 5) is 25.0. The fourth-order valence-corrected chi connectivity index (χ4v) is 5.78. The van der Waals surface area contributed by atoms with Gasteiger partial charge in [-0.05, 0) is 69.6 Å². The molecule has 9 heteroatoms. The molecule has 0 aromatic heterocycles. The molecule has 0 radical (unpaired) electrons. The quantitative estimate of drug-likeness (QED) is 0.0280. The van der Waals surface area contributed by atoms with Crippen molar-refractivity contribution in [3.8, 4) is 0 Å². The standard InChI is InChI=1S/C38H62O7S.Na/c1-3-5-7-9-11-13-15-17-19-21-23-25-27-31-44-37(39)35-30-29-34(46(41,42)43)33-36(35)38(40)45-32-28-26-24-22-20-18-16-14-12-10-8-6-4-2;/h5-8,29-30,33H,3-4,9-28,31-32H2,1-2H3,(H,41,42,43);/q;+1/p-1/b7-5+,8-6+;. The van der Waals surface area contributed by atoms with Crippen molar-refractivity contribution < 1.29 is 61.6 Å². The molecule has 0 aliphatic rings. The summed E-state index contributed by atoms with van der Waals surface area (Å²) < 4.78 is 45.5. The first-order valence-electron chi connectivity index (χ1n) is 18.0. The van der Waals surface area contributed by atoms with E-state index in [1.54, 1.807) is 0 Å². The molecule has 0 spiro atoms. The summed E-state index contributed by atoms with van der Waals surface area (Å²) in [5.41, 5.74) is -0.350. The number of benzene rings is 1. The van der Waals surface area contributed by atoms with E-state index in [1.165, 1.54) is 77.0 Å². The summed E-state index contributed by atoms with van der Waals surface area (Å²) in [6.45, 7) is 4.67. The molecule has 0 N–H and O–H groups in total. The van der Waals surface area contributed by atoms with Crippen LogP contribution in [0.25, 0.3) is 0 Å². The third kappa shape index (κ3) is 24.4. The third-order valence-electron chi connectivity index (χ3n) is 8.02. The summed E-state index contributed by atoms with van der Waals surface area (Å²) in [6.07, 6.45) is 33.7. The number of ether oxygens (including phenoxy) is 2. The molecule has 7 nitrogen and oxygen atoms in total. The van der Waals surface area contributed by atoms with Crippen LogP contribution in [0, 0.1) is 0 Å². The summed E-state index contributed by atoms with van der Waals surface area (Å²) >= 11 is 0. The van der Waals surface area contributed by atoms with Crippen molar-refractivity contribution in [1.29, 1.82) is 0 Å². The van der Waals surface area contributed by atoms with E-state index >= 15 is 0 Å². The number of carbonyl (C=O) groups excluding carboxylic acids is 2. The van der Waals surface area contributed by atoms with Gasteiger partial charge in [0.1, 0.15) is 10.1 Å². The van der Waals surface area contributed by atoms with Crippen LogP contribution >= 0.6 is 0 Å². The van der Waals surface area contributed by atoms with Gasteiger partial charge >= 0.3 is 41.5 Å². The van der Waals surface area contributed by atoms with Crippen LogP contribution in [0.2, 0.25) is 0 Å². The summed E-state index contributed by atoms with van der Waals surface area (Å²) in [7, 11) is -4.81. The molecule has 1 aromatic carbocycles. The van der Waals surface area contributed by atoms with Crippen LogP contribution in [0.15, 0.2) is 47.4 Å². The van der Waals surface area contributed by atoms with Crippen molar-refractivity contribution in [2.75, 3.05) is 13.2 Å². The van der Waals surface area contributed by atoms with Gasteiger partial charge in [-0.15, -0.1) is 0 Å². The van der Waals surface area contributed by atoms with Gasteiger partial charge in [-0.1, -0.05) is 128 Å². The zero-order valence-corrected chi connectivity index (χ0v) is 32.6. The van der Waals surface area contributed by atoms with Crippen LogP contribution in [-0.2, 0) is 19.6 Å². The van der Waals surface area contributed by atoms with Crippen LogP contribution in [-0.4, -0.2) is 38.1 Å². The fourth-order valence-electron chi connectivity index (χ4n) is 5.28. The van der Waals surface area contributed by atoms with E-state index in [0.717, 1.165) is 69.6 Å². The topological polar surface area (TPSA) is 110 Å². The minimum absolute atomic E-state index is 0. The van der Waals surface area contributed by atoms with Gasteiger partial charge in [0, 0.05) is 0 Å². The summed E-state index contributed by atoms with van der Waals surface area (Å²) in [6, 6.07) is 3.11. The Morgan fingerprint density at radius 2 is 0.936 bits per heavy atom. The maximum absolute atomic E-state index is 12.8. The van der Waals surface area contributed by atoms with E-state index in [0.29, 0.717) is 12.8 Å². The molecule has 0 heterocycles. The van der Waals surface area contributed by atoms with Crippen molar-refractivity contribution >= 4 is 22.1 Å². The second kappa shape index (κ2) is 30.6. The first-order chi connectivity index (χ1) is 22.3. The van der Waals surface area contributed by atoms with E-state index in [-0.39, 0.29) is 53.9 Å². The van der Waals surface area contributed by atoms with Crippen LogP contribution in [0.5, 0.6) is 0 Å². The zero-order chi connectivity index (χ0) is 33.7. The normalized spacial score (nSPS) is 11.6. The average molecular weight is 685 g/mol. The van der Waals surface area contributed by atoms with Gasteiger partial charge in [0.25, 0.3) is 0 Å². The summed E-state index contributed by atoms with van der Waals surface area (Å²) in [5.74, 6) is -1.56. The Balaban J connectivity index is 0.0000212. The average Bonchev–Trinajstić information content (AvgIpc) is 3.04. The maximum atomic E-state index is 12.8. The van der Waals surface area contributed by atoms with E-state index < -0.39 is 27.0 Å². The molecule has 0 amide bonds. The third-order valence-corrected chi connectivity index (χ3v) is 8.85. The predicted molar refractivity (Wildman–Crippen MR) is 186 cm³/mol. The molecule has 0 fully saturated rings. The molecular weight excluding hydrogens is 623 g/mol. The SMILES string of the molecule is CC/C=C/CCCCCCCCCCCOC(=O)c1ccc(S(=O)(=O)[O-])cc1C(=O)OCCCCCCCCCCC/C=C/CC.[Na+]. The molecule has 0 atom stereocenters. The van der Waals surface area contributed by atoms with Crippen LogP contribution < -0.4 is 29.6 Å². The monoisotopic (exact) mass is 684 g/mol. The minimum Gasteiger partial charge on any atom is -0.744 e. The second-order valence-corrected chi connectivity index (χ2v) is 13.5. The Kier molecular flexibility index (Phi) is 29.7. The maximum Gasteiger partial charge on any atom is 1.00 e. The molecule has 0 aliphatic heterocycles. The molecule has 0 bridgehead atoms. The first-order valence-corrected chi connectivity index (χ1v) is 19.5. The molecule has 262 valence electrons. The van der Waals surface area contributed by atoms with E-state index in [2.05, 4.69) is 38.2 Å². The number of unbranched alkanes of at least 4 members (excludes halogenated alkanes) is 18. The van der Waals surface area contributed by atoms with Crippen molar-refractivity contribution in [2.45, 2.75) is 160 Å². The van der Waals surface area contributed by atoms with Crippen molar-refractivity contribution in [3.63, 3.8) is 0 Å². The molecule has 0 aliphatic carbocycles. The largest absolute Gasteiger partial charge is 1.00 e. The molecule has 0 unspecified atom stereocenters. The molecule has 1 rings (SSSR count). The minimum atomic E-state index is -4.81. The fraction of sp³-hybridized carbons (Fsp3) is 0.684. The van der Waals surface area contributed by atoms with Gasteiger partial charge in [0.15, 0.2) is 0 Å². The number of rotatable bonds is 29.